The highest BCUT2D eigenvalue weighted by Crippen LogP contribution is 2.32. The molecule has 1 aromatic carbocycles. The van der Waals surface area contributed by atoms with Crippen molar-refractivity contribution < 1.29 is 13.2 Å². The highest BCUT2D eigenvalue weighted by atomic mass is 79.9. The van der Waals surface area contributed by atoms with Crippen LogP contribution in [-0.2, 0) is 16.6 Å². The number of rotatable bonds is 8. The van der Waals surface area contributed by atoms with Crippen LogP contribution in [0.25, 0.3) is 10.6 Å². The average Bonchev–Trinajstić information content (AvgIpc) is 3.31. The molecule has 0 spiro atoms. The van der Waals surface area contributed by atoms with E-state index in [0.717, 1.165) is 16.9 Å². The number of thiophene rings is 1. The lowest BCUT2D eigenvalue weighted by Gasteiger charge is -2.11. The van der Waals surface area contributed by atoms with Crippen molar-refractivity contribution in [2.75, 3.05) is 11.0 Å². The molecule has 0 radical (unpaired) electrons. The van der Waals surface area contributed by atoms with Gasteiger partial charge in [-0.1, -0.05) is 42.1 Å². The SMILES string of the molecule is CSc1nccc(-c2ccc(S(=O)(=O)Nc3ncc(Br)nc3OCc3ccccc3)s2)n1. The minimum absolute atomic E-state index is 0.00536. The highest BCUT2D eigenvalue weighted by molar-refractivity contribution is 9.10. The number of halogens is 1. The number of aromatic nitrogens is 4. The summed E-state index contributed by atoms with van der Waals surface area (Å²) in [5.74, 6) is 0.0785. The van der Waals surface area contributed by atoms with Crippen LogP contribution in [0.5, 0.6) is 5.88 Å². The van der Waals surface area contributed by atoms with Crippen LogP contribution in [0.4, 0.5) is 5.82 Å². The maximum Gasteiger partial charge on any atom is 0.272 e. The van der Waals surface area contributed by atoms with E-state index in [1.165, 1.54) is 24.0 Å². The van der Waals surface area contributed by atoms with Crippen molar-refractivity contribution >= 4 is 54.9 Å². The Kier molecular flexibility index (Phi) is 7.04. The molecule has 4 rings (SSSR count). The van der Waals surface area contributed by atoms with Gasteiger partial charge in [-0.3, -0.25) is 4.72 Å². The molecule has 0 fully saturated rings. The second kappa shape index (κ2) is 9.94. The van der Waals surface area contributed by atoms with E-state index in [1.807, 2.05) is 36.6 Å². The van der Waals surface area contributed by atoms with Gasteiger partial charge in [-0.2, -0.15) is 0 Å². The molecule has 0 saturated carbocycles. The molecule has 3 heterocycles. The van der Waals surface area contributed by atoms with Crippen LogP contribution in [0, 0.1) is 0 Å². The summed E-state index contributed by atoms with van der Waals surface area (Å²) >= 11 is 5.76. The van der Waals surface area contributed by atoms with Crippen molar-refractivity contribution in [3.8, 4) is 16.5 Å². The number of benzene rings is 1. The minimum Gasteiger partial charge on any atom is -0.470 e. The van der Waals surface area contributed by atoms with Crippen molar-refractivity contribution in [2.24, 2.45) is 0 Å². The highest BCUT2D eigenvalue weighted by Gasteiger charge is 2.22. The Balaban J connectivity index is 1.56. The molecule has 4 aromatic rings. The van der Waals surface area contributed by atoms with E-state index >= 15 is 0 Å². The number of anilines is 1. The van der Waals surface area contributed by atoms with E-state index in [9.17, 15) is 8.42 Å². The van der Waals surface area contributed by atoms with Gasteiger partial charge in [0.25, 0.3) is 15.9 Å². The van der Waals surface area contributed by atoms with Crippen molar-refractivity contribution in [3.05, 3.63) is 71.1 Å². The summed E-state index contributed by atoms with van der Waals surface area (Å²) in [7, 11) is -3.91. The first-order chi connectivity index (χ1) is 15.4. The number of hydrogen-bond acceptors (Lipinski definition) is 9. The standard InChI is InChI=1S/C20H16BrN5O3S3/c1-30-20-22-10-9-14(24-20)15-7-8-17(31-15)32(27,28)26-18-19(25-16(21)11-23-18)29-12-13-5-3-2-4-6-13/h2-11H,12H2,1H3,(H,23,26). The van der Waals surface area contributed by atoms with E-state index in [4.69, 9.17) is 4.74 Å². The fourth-order valence-corrected chi connectivity index (χ4v) is 5.51. The number of ether oxygens (including phenoxy) is 1. The third-order valence-electron chi connectivity index (χ3n) is 4.08. The lowest BCUT2D eigenvalue weighted by molar-refractivity contribution is 0.294. The van der Waals surface area contributed by atoms with Crippen LogP contribution in [0.1, 0.15) is 5.56 Å². The van der Waals surface area contributed by atoms with E-state index < -0.39 is 10.0 Å². The first-order valence-corrected chi connectivity index (χ1v) is 13.5. The maximum atomic E-state index is 13.0. The molecular formula is C20H16BrN5O3S3. The zero-order valence-electron chi connectivity index (χ0n) is 16.6. The van der Waals surface area contributed by atoms with Crippen LogP contribution < -0.4 is 9.46 Å². The monoisotopic (exact) mass is 549 g/mol. The van der Waals surface area contributed by atoms with E-state index in [-0.39, 0.29) is 22.5 Å². The molecule has 0 aliphatic rings. The second-order valence-corrected chi connectivity index (χ2v) is 10.9. The zero-order chi connectivity index (χ0) is 22.6. The van der Waals surface area contributed by atoms with Gasteiger partial charge in [-0.25, -0.2) is 28.4 Å². The molecule has 0 bridgehead atoms. The lowest BCUT2D eigenvalue weighted by atomic mass is 10.2. The van der Waals surface area contributed by atoms with Gasteiger partial charge in [0.2, 0.25) is 5.82 Å². The Morgan fingerprint density at radius 2 is 1.91 bits per heavy atom. The van der Waals surface area contributed by atoms with Crippen LogP contribution in [0.3, 0.4) is 0 Å². The van der Waals surface area contributed by atoms with Gasteiger partial charge in [-0.05, 0) is 45.9 Å². The second-order valence-electron chi connectivity index (χ2n) is 6.27. The summed E-state index contributed by atoms with van der Waals surface area (Å²) in [6.45, 7) is 0.218. The van der Waals surface area contributed by atoms with Gasteiger partial charge in [0, 0.05) is 6.20 Å². The third kappa shape index (κ3) is 5.44. The van der Waals surface area contributed by atoms with Crippen LogP contribution >= 0.6 is 39.0 Å². The number of sulfonamides is 1. The molecule has 8 nitrogen and oxygen atoms in total. The maximum absolute atomic E-state index is 13.0. The Labute approximate surface area is 201 Å². The largest absolute Gasteiger partial charge is 0.470 e. The van der Waals surface area contributed by atoms with Crippen molar-refractivity contribution in [3.63, 3.8) is 0 Å². The average molecular weight is 550 g/mol. The first-order valence-electron chi connectivity index (χ1n) is 9.14. The minimum atomic E-state index is -3.91. The molecule has 0 aliphatic heterocycles. The molecule has 0 aliphatic carbocycles. The summed E-state index contributed by atoms with van der Waals surface area (Å²) in [5, 5.41) is 0.615. The van der Waals surface area contributed by atoms with Crippen LogP contribution in [0.2, 0.25) is 0 Å². The number of thioether (sulfide) groups is 1. The van der Waals surface area contributed by atoms with E-state index in [0.29, 0.717) is 20.3 Å². The number of hydrogen-bond donors (Lipinski definition) is 1. The molecule has 0 unspecified atom stereocenters. The van der Waals surface area contributed by atoms with Gasteiger partial charge in [0.05, 0.1) is 16.8 Å². The van der Waals surface area contributed by atoms with Gasteiger partial charge >= 0.3 is 0 Å². The number of nitrogens with zero attached hydrogens (tertiary/aromatic N) is 4. The van der Waals surface area contributed by atoms with Gasteiger partial charge in [0.1, 0.15) is 15.4 Å². The molecule has 0 saturated heterocycles. The predicted molar refractivity (Wildman–Crippen MR) is 128 cm³/mol. The fourth-order valence-electron chi connectivity index (χ4n) is 2.60. The van der Waals surface area contributed by atoms with Gasteiger partial charge in [-0.15, -0.1) is 11.3 Å². The summed E-state index contributed by atoms with van der Waals surface area (Å²) in [6.07, 6.45) is 4.93. The van der Waals surface area contributed by atoms with E-state index in [2.05, 4.69) is 40.6 Å². The van der Waals surface area contributed by atoms with Gasteiger partial charge < -0.3 is 4.74 Å². The molecule has 1 N–H and O–H groups in total. The van der Waals surface area contributed by atoms with Crippen molar-refractivity contribution in [2.45, 2.75) is 16.0 Å². The lowest BCUT2D eigenvalue weighted by Crippen LogP contribution is -2.14. The third-order valence-corrected chi connectivity index (χ3v) is 7.96. The van der Waals surface area contributed by atoms with E-state index in [1.54, 1.807) is 18.3 Å². The molecule has 0 amide bonds. The smallest absolute Gasteiger partial charge is 0.272 e. The van der Waals surface area contributed by atoms with Crippen molar-refractivity contribution in [1.82, 2.24) is 19.9 Å². The summed E-state index contributed by atoms with van der Waals surface area (Å²) in [5.41, 5.74) is 1.58. The van der Waals surface area contributed by atoms with Crippen molar-refractivity contribution in [1.29, 1.82) is 0 Å². The molecule has 12 heteroatoms. The fraction of sp³-hybridized carbons (Fsp3) is 0.100. The molecule has 3 aromatic heterocycles. The molecule has 32 heavy (non-hydrogen) atoms. The molecular weight excluding hydrogens is 534 g/mol. The van der Waals surface area contributed by atoms with Gasteiger partial charge in [0.15, 0.2) is 5.16 Å². The quantitative estimate of drug-likeness (QED) is 0.245. The zero-order valence-corrected chi connectivity index (χ0v) is 20.6. The molecule has 0 atom stereocenters. The van der Waals surface area contributed by atoms with Crippen LogP contribution in [0.15, 0.2) is 74.9 Å². The normalized spacial score (nSPS) is 11.3. The topological polar surface area (TPSA) is 107 Å². The Hall–Kier alpha value is -2.54. The Bertz CT molecular complexity index is 1330. The summed E-state index contributed by atoms with van der Waals surface area (Å²) < 4.78 is 34.8. The first kappa shape index (κ1) is 22.6. The summed E-state index contributed by atoms with van der Waals surface area (Å²) in [4.78, 5) is 17.6. The summed E-state index contributed by atoms with van der Waals surface area (Å²) in [6, 6.07) is 14.5. The molecule has 164 valence electrons. The Morgan fingerprint density at radius 3 is 2.69 bits per heavy atom. The Morgan fingerprint density at radius 1 is 1.09 bits per heavy atom. The predicted octanol–water partition coefficient (Wildman–Crippen LogP) is 4.86. The number of nitrogens with one attached hydrogen (secondary N) is 1. The van der Waals surface area contributed by atoms with Crippen LogP contribution in [-0.4, -0.2) is 34.6 Å².